The van der Waals surface area contributed by atoms with Crippen molar-refractivity contribution in [3.8, 4) is 0 Å². The highest BCUT2D eigenvalue weighted by molar-refractivity contribution is 5.94. The Kier molecular flexibility index (Phi) is 6.08. The zero-order valence-corrected chi connectivity index (χ0v) is 18.7. The van der Waals surface area contributed by atoms with Crippen molar-refractivity contribution in [3.63, 3.8) is 0 Å². The summed E-state index contributed by atoms with van der Waals surface area (Å²) < 4.78 is 15.4. The number of halogens is 1. The lowest BCUT2D eigenvalue weighted by atomic mass is 9.88. The van der Waals surface area contributed by atoms with Gasteiger partial charge in [0.15, 0.2) is 0 Å². The van der Waals surface area contributed by atoms with Crippen LogP contribution in [0.2, 0.25) is 0 Å². The lowest BCUT2D eigenvalue weighted by Crippen LogP contribution is -2.38. The van der Waals surface area contributed by atoms with E-state index in [1.807, 2.05) is 53.2 Å². The Labute approximate surface area is 197 Å². The Morgan fingerprint density at radius 2 is 1.76 bits per heavy atom. The van der Waals surface area contributed by atoms with Crippen molar-refractivity contribution < 1.29 is 14.0 Å². The molecule has 0 saturated carbocycles. The van der Waals surface area contributed by atoms with Gasteiger partial charge in [-0.15, -0.1) is 0 Å². The Bertz CT molecular complexity index is 1320. The molecule has 0 atom stereocenters. The highest BCUT2D eigenvalue weighted by Gasteiger charge is 2.25. The molecule has 4 aromatic rings. The lowest BCUT2D eigenvalue weighted by Gasteiger charge is -2.32. The van der Waals surface area contributed by atoms with Gasteiger partial charge in [-0.05, 0) is 72.4 Å². The molecule has 6 nitrogen and oxygen atoms in total. The molecule has 1 saturated heterocycles. The predicted molar refractivity (Wildman–Crippen MR) is 127 cm³/mol. The van der Waals surface area contributed by atoms with E-state index in [2.05, 4.69) is 10.3 Å². The van der Waals surface area contributed by atoms with Crippen molar-refractivity contribution in [2.75, 3.05) is 13.1 Å². The number of fused-ring (bicyclic) bond motifs is 1. The van der Waals surface area contributed by atoms with Crippen molar-refractivity contribution in [2.45, 2.75) is 25.3 Å². The van der Waals surface area contributed by atoms with Crippen molar-refractivity contribution in [3.05, 3.63) is 107 Å². The first kappa shape index (κ1) is 21.8. The maximum Gasteiger partial charge on any atom is 0.253 e. The number of aromatic nitrogens is 2. The van der Waals surface area contributed by atoms with Crippen LogP contribution >= 0.6 is 0 Å². The molecule has 0 aliphatic carbocycles. The number of rotatable bonds is 5. The zero-order valence-electron chi connectivity index (χ0n) is 18.7. The highest BCUT2D eigenvalue weighted by Crippen LogP contribution is 2.29. The molecular formula is C27H25FN4O2. The summed E-state index contributed by atoms with van der Waals surface area (Å²) in [4.78, 5) is 31.3. The van der Waals surface area contributed by atoms with Crippen LogP contribution in [0.5, 0.6) is 0 Å². The fourth-order valence-electron chi connectivity index (χ4n) is 4.47. The summed E-state index contributed by atoms with van der Waals surface area (Å²) in [7, 11) is 0. The molecule has 0 unspecified atom stereocenters. The third-order valence-corrected chi connectivity index (χ3v) is 6.41. The van der Waals surface area contributed by atoms with Crippen LogP contribution in [-0.2, 0) is 6.54 Å². The second kappa shape index (κ2) is 9.47. The van der Waals surface area contributed by atoms with Gasteiger partial charge in [0.05, 0.1) is 0 Å². The van der Waals surface area contributed by atoms with Gasteiger partial charge in [-0.1, -0.05) is 18.2 Å². The van der Waals surface area contributed by atoms with Crippen molar-refractivity contribution in [1.82, 2.24) is 19.6 Å². The number of likely N-dealkylation sites (tertiary alicyclic amines) is 1. The van der Waals surface area contributed by atoms with Gasteiger partial charge in [0, 0.05) is 49.4 Å². The maximum atomic E-state index is 13.4. The van der Waals surface area contributed by atoms with Crippen LogP contribution in [0.4, 0.5) is 4.39 Å². The number of benzene rings is 2. The quantitative estimate of drug-likeness (QED) is 0.483. The van der Waals surface area contributed by atoms with Gasteiger partial charge in [-0.25, -0.2) is 9.37 Å². The molecule has 172 valence electrons. The number of pyridine rings is 1. The van der Waals surface area contributed by atoms with Crippen LogP contribution in [0.1, 0.15) is 50.6 Å². The van der Waals surface area contributed by atoms with E-state index in [-0.39, 0.29) is 11.8 Å². The summed E-state index contributed by atoms with van der Waals surface area (Å²) in [5.74, 6) is -0.318. The van der Waals surface area contributed by atoms with Crippen molar-refractivity contribution >= 4 is 17.5 Å². The topological polar surface area (TPSA) is 66.7 Å². The van der Waals surface area contributed by atoms with Gasteiger partial charge in [-0.3, -0.25) is 9.59 Å². The SMILES string of the molecule is O=C(NCc1ccn2ccnc2c1)c1ccc(C2CCN(C(=O)c3cccc(F)c3)CC2)cc1. The molecular weight excluding hydrogens is 431 g/mol. The highest BCUT2D eigenvalue weighted by atomic mass is 19.1. The van der Waals surface area contributed by atoms with Gasteiger partial charge in [0.1, 0.15) is 11.5 Å². The minimum absolute atomic E-state index is 0.120. The average molecular weight is 457 g/mol. The standard InChI is InChI=1S/C27H25FN4O2/c28-24-3-1-2-23(17-24)27(34)32-13-9-21(10-14-32)20-4-6-22(7-5-20)26(33)30-18-19-8-12-31-15-11-29-25(31)16-19/h1-8,11-12,15-17,21H,9-10,13-14,18H2,(H,30,33). The first-order chi connectivity index (χ1) is 16.6. The predicted octanol–water partition coefficient (Wildman–Crippen LogP) is 4.42. The molecule has 0 spiro atoms. The largest absolute Gasteiger partial charge is 0.348 e. The Hall–Kier alpha value is -4.00. The molecule has 2 aromatic heterocycles. The Morgan fingerprint density at radius 3 is 2.53 bits per heavy atom. The van der Waals surface area contributed by atoms with Crippen LogP contribution in [0.15, 0.2) is 79.3 Å². The summed E-state index contributed by atoms with van der Waals surface area (Å²) >= 11 is 0. The van der Waals surface area contributed by atoms with Gasteiger partial charge in [-0.2, -0.15) is 0 Å². The summed E-state index contributed by atoms with van der Waals surface area (Å²) in [6.45, 7) is 1.69. The van der Waals surface area contributed by atoms with E-state index >= 15 is 0 Å². The minimum Gasteiger partial charge on any atom is -0.348 e. The molecule has 5 rings (SSSR count). The summed E-state index contributed by atoms with van der Waals surface area (Å²) in [6.07, 6.45) is 7.22. The molecule has 1 fully saturated rings. The van der Waals surface area contributed by atoms with Crippen molar-refractivity contribution in [1.29, 1.82) is 0 Å². The third kappa shape index (κ3) is 4.69. The second-order valence-corrected chi connectivity index (χ2v) is 8.61. The molecule has 2 amide bonds. The smallest absolute Gasteiger partial charge is 0.253 e. The van der Waals surface area contributed by atoms with Crippen LogP contribution in [0.25, 0.3) is 5.65 Å². The zero-order chi connectivity index (χ0) is 23.5. The van der Waals surface area contributed by atoms with E-state index in [9.17, 15) is 14.0 Å². The van der Waals surface area contributed by atoms with Gasteiger partial charge < -0.3 is 14.6 Å². The van der Waals surface area contributed by atoms with Crippen LogP contribution in [-0.4, -0.2) is 39.2 Å². The van der Waals surface area contributed by atoms with Gasteiger partial charge in [0.25, 0.3) is 11.8 Å². The summed E-state index contributed by atoms with van der Waals surface area (Å²) in [5, 5.41) is 2.96. The van der Waals surface area contributed by atoms with E-state index in [4.69, 9.17) is 0 Å². The molecule has 2 aromatic carbocycles. The van der Waals surface area contributed by atoms with Crippen LogP contribution in [0.3, 0.4) is 0 Å². The lowest BCUT2D eigenvalue weighted by molar-refractivity contribution is 0.0712. The fraction of sp³-hybridized carbons (Fsp3) is 0.222. The van der Waals surface area contributed by atoms with E-state index in [1.165, 1.54) is 17.7 Å². The van der Waals surface area contributed by atoms with Gasteiger partial charge >= 0.3 is 0 Å². The fourth-order valence-corrected chi connectivity index (χ4v) is 4.47. The van der Waals surface area contributed by atoms with E-state index in [0.717, 1.165) is 24.1 Å². The number of hydrogen-bond acceptors (Lipinski definition) is 3. The van der Waals surface area contributed by atoms with Crippen LogP contribution in [0, 0.1) is 5.82 Å². The number of imidazole rings is 1. The number of piperidine rings is 1. The molecule has 3 heterocycles. The summed E-state index contributed by atoms with van der Waals surface area (Å²) in [6, 6.07) is 17.5. The van der Waals surface area contributed by atoms with Gasteiger partial charge in [0.2, 0.25) is 0 Å². The molecule has 7 heteroatoms. The number of nitrogens with one attached hydrogen (secondary N) is 1. The van der Waals surface area contributed by atoms with Crippen molar-refractivity contribution in [2.24, 2.45) is 0 Å². The number of hydrogen-bond donors (Lipinski definition) is 1. The van der Waals surface area contributed by atoms with E-state index in [1.54, 1.807) is 23.2 Å². The normalized spacial score (nSPS) is 14.3. The molecule has 0 bridgehead atoms. The second-order valence-electron chi connectivity index (χ2n) is 8.61. The molecule has 0 radical (unpaired) electrons. The summed E-state index contributed by atoms with van der Waals surface area (Å²) in [5.41, 5.74) is 4.00. The number of carbonyl (C=O) groups is 2. The minimum atomic E-state index is -0.399. The molecule has 1 aliphatic rings. The Morgan fingerprint density at radius 1 is 0.971 bits per heavy atom. The molecule has 1 N–H and O–H groups in total. The maximum absolute atomic E-state index is 13.4. The Balaban J connectivity index is 1.15. The average Bonchev–Trinajstić information content (AvgIpc) is 3.35. The molecule has 34 heavy (non-hydrogen) atoms. The van der Waals surface area contributed by atoms with E-state index < -0.39 is 5.82 Å². The monoisotopic (exact) mass is 456 g/mol. The molecule has 1 aliphatic heterocycles. The number of nitrogens with zero attached hydrogens (tertiary/aromatic N) is 3. The van der Waals surface area contributed by atoms with Crippen LogP contribution < -0.4 is 5.32 Å². The number of amides is 2. The first-order valence-corrected chi connectivity index (χ1v) is 11.4. The third-order valence-electron chi connectivity index (χ3n) is 6.41. The first-order valence-electron chi connectivity index (χ1n) is 11.4. The van der Waals surface area contributed by atoms with E-state index in [0.29, 0.717) is 36.7 Å². The number of carbonyl (C=O) groups excluding carboxylic acids is 2.